The molecule has 188 valence electrons. The number of hydrogen-bond donors (Lipinski definition) is 2. The Labute approximate surface area is 205 Å². The number of sulfonamides is 1. The van der Waals surface area contributed by atoms with Crippen LogP contribution in [0.25, 0.3) is 0 Å². The van der Waals surface area contributed by atoms with E-state index in [2.05, 4.69) is 10.0 Å². The summed E-state index contributed by atoms with van der Waals surface area (Å²) in [5.74, 6) is -2.14. The Morgan fingerprint density at radius 3 is 2.44 bits per heavy atom. The van der Waals surface area contributed by atoms with Crippen LogP contribution in [0.4, 0.5) is 21.5 Å². The fourth-order valence-corrected chi connectivity index (χ4v) is 4.05. The van der Waals surface area contributed by atoms with Crippen molar-refractivity contribution in [2.24, 2.45) is 0 Å². The monoisotopic (exact) mass is 517 g/mol. The van der Waals surface area contributed by atoms with Crippen molar-refractivity contribution in [2.75, 3.05) is 23.3 Å². The van der Waals surface area contributed by atoms with Gasteiger partial charge in [0, 0.05) is 5.69 Å². The summed E-state index contributed by atoms with van der Waals surface area (Å²) < 4.78 is 50.6. The number of amides is 1. The molecule has 0 atom stereocenters. The van der Waals surface area contributed by atoms with Crippen LogP contribution < -0.4 is 14.8 Å². The largest absolute Gasteiger partial charge is 0.494 e. The first kappa shape index (κ1) is 26.1. The van der Waals surface area contributed by atoms with Crippen LogP contribution in [0.5, 0.6) is 5.75 Å². The molecule has 0 radical (unpaired) electrons. The summed E-state index contributed by atoms with van der Waals surface area (Å²) in [6.45, 7) is 1.22. The lowest BCUT2D eigenvalue weighted by atomic mass is 10.2. The second-order valence-corrected chi connectivity index (χ2v) is 8.82. The van der Waals surface area contributed by atoms with Gasteiger partial charge in [0.25, 0.3) is 21.6 Å². The standard InChI is InChI=1S/C23H20FN3O8S/c1-2-34-18-10-11-20(21(13-18)27(30)31)25-22(28)14-35-23(29)15-4-3-5-19(12-15)36(32,33)26-17-8-6-16(24)7-9-17/h3-13,26H,2,14H2,1H3,(H,25,28). The van der Waals surface area contributed by atoms with Gasteiger partial charge in [-0.05, 0) is 61.5 Å². The van der Waals surface area contributed by atoms with Crippen molar-refractivity contribution in [1.82, 2.24) is 0 Å². The van der Waals surface area contributed by atoms with Crippen LogP contribution in [0, 0.1) is 15.9 Å². The number of carbonyl (C=O) groups excluding carboxylic acids is 2. The first-order chi connectivity index (χ1) is 17.1. The van der Waals surface area contributed by atoms with E-state index >= 15 is 0 Å². The fourth-order valence-electron chi connectivity index (χ4n) is 2.95. The Morgan fingerprint density at radius 2 is 1.78 bits per heavy atom. The minimum absolute atomic E-state index is 0.115. The highest BCUT2D eigenvalue weighted by Crippen LogP contribution is 2.29. The molecule has 0 heterocycles. The molecule has 0 bridgehead atoms. The molecule has 36 heavy (non-hydrogen) atoms. The lowest BCUT2D eigenvalue weighted by Gasteiger charge is -2.10. The minimum atomic E-state index is -4.11. The van der Waals surface area contributed by atoms with Gasteiger partial charge >= 0.3 is 5.97 Å². The Hall–Kier alpha value is -4.52. The molecular formula is C23H20FN3O8S. The van der Waals surface area contributed by atoms with Gasteiger partial charge in [-0.2, -0.15) is 0 Å². The SMILES string of the molecule is CCOc1ccc(NC(=O)COC(=O)c2cccc(S(=O)(=O)Nc3ccc(F)cc3)c2)c([N+](=O)[O-])c1. The summed E-state index contributed by atoms with van der Waals surface area (Å²) in [5, 5.41) is 13.6. The van der Waals surface area contributed by atoms with Crippen molar-refractivity contribution in [2.45, 2.75) is 11.8 Å². The molecule has 0 saturated heterocycles. The Bertz CT molecular complexity index is 1390. The lowest BCUT2D eigenvalue weighted by Crippen LogP contribution is -2.21. The van der Waals surface area contributed by atoms with Crippen molar-refractivity contribution in [3.63, 3.8) is 0 Å². The summed E-state index contributed by atoms with van der Waals surface area (Å²) in [6.07, 6.45) is 0. The van der Waals surface area contributed by atoms with E-state index in [0.29, 0.717) is 6.61 Å². The Morgan fingerprint density at radius 1 is 1.06 bits per heavy atom. The highest BCUT2D eigenvalue weighted by molar-refractivity contribution is 7.92. The molecule has 3 aromatic carbocycles. The highest BCUT2D eigenvalue weighted by atomic mass is 32.2. The van der Waals surface area contributed by atoms with E-state index in [1.54, 1.807) is 6.92 Å². The van der Waals surface area contributed by atoms with E-state index in [-0.39, 0.29) is 27.6 Å². The zero-order chi connectivity index (χ0) is 26.3. The number of carbonyl (C=O) groups is 2. The Balaban J connectivity index is 1.65. The van der Waals surface area contributed by atoms with Crippen molar-refractivity contribution in [3.05, 3.63) is 88.2 Å². The highest BCUT2D eigenvalue weighted by Gasteiger charge is 2.20. The van der Waals surface area contributed by atoms with E-state index < -0.39 is 44.9 Å². The van der Waals surface area contributed by atoms with Crippen LogP contribution in [0.2, 0.25) is 0 Å². The number of rotatable bonds is 10. The van der Waals surface area contributed by atoms with Crippen LogP contribution in [-0.2, 0) is 19.6 Å². The smallest absolute Gasteiger partial charge is 0.338 e. The quantitative estimate of drug-likeness (QED) is 0.234. The van der Waals surface area contributed by atoms with Gasteiger partial charge in [-0.1, -0.05) is 6.07 Å². The predicted molar refractivity (Wildman–Crippen MR) is 127 cm³/mol. The molecule has 3 aromatic rings. The van der Waals surface area contributed by atoms with Crippen molar-refractivity contribution in [1.29, 1.82) is 0 Å². The van der Waals surface area contributed by atoms with Gasteiger partial charge in [0.15, 0.2) is 6.61 Å². The third-order valence-electron chi connectivity index (χ3n) is 4.56. The molecule has 0 unspecified atom stereocenters. The molecule has 1 amide bonds. The van der Waals surface area contributed by atoms with Gasteiger partial charge in [0.2, 0.25) is 0 Å². The summed E-state index contributed by atoms with van der Waals surface area (Å²) in [4.78, 5) is 34.9. The topological polar surface area (TPSA) is 154 Å². The first-order valence-electron chi connectivity index (χ1n) is 10.4. The number of ether oxygens (including phenoxy) is 2. The summed E-state index contributed by atoms with van der Waals surface area (Å²) in [5.41, 5.74) is -0.571. The number of halogens is 1. The molecule has 3 rings (SSSR count). The number of nitrogens with one attached hydrogen (secondary N) is 2. The van der Waals surface area contributed by atoms with Gasteiger partial charge in [0.05, 0.1) is 28.1 Å². The van der Waals surface area contributed by atoms with Gasteiger partial charge in [-0.25, -0.2) is 17.6 Å². The second kappa shape index (κ2) is 11.3. The lowest BCUT2D eigenvalue weighted by molar-refractivity contribution is -0.384. The normalized spacial score (nSPS) is 10.8. The van der Waals surface area contributed by atoms with E-state index in [9.17, 15) is 32.5 Å². The van der Waals surface area contributed by atoms with Gasteiger partial charge in [-0.3, -0.25) is 19.6 Å². The molecule has 11 nitrogen and oxygen atoms in total. The van der Waals surface area contributed by atoms with Crippen LogP contribution in [-0.4, -0.2) is 38.4 Å². The van der Waals surface area contributed by atoms with Crippen LogP contribution in [0.1, 0.15) is 17.3 Å². The number of hydrogen-bond acceptors (Lipinski definition) is 8. The minimum Gasteiger partial charge on any atom is -0.494 e. The van der Waals surface area contributed by atoms with E-state index in [0.717, 1.165) is 24.3 Å². The molecule has 0 aliphatic rings. The molecular weight excluding hydrogens is 497 g/mol. The van der Waals surface area contributed by atoms with E-state index in [1.165, 1.54) is 42.5 Å². The molecule has 0 aromatic heterocycles. The molecule has 13 heteroatoms. The van der Waals surface area contributed by atoms with Crippen LogP contribution in [0.15, 0.2) is 71.6 Å². The fraction of sp³-hybridized carbons (Fsp3) is 0.130. The van der Waals surface area contributed by atoms with E-state index in [1.807, 2.05) is 0 Å². The number of nitro benzene ring substituents is 1. The zero-order valence-corrected chi connectivity index (χ0v) is 19.6. The van der Waals surface area contributed by atoms with E-state index in [4.69, 9.17) is 9.47 Å². The van der Waals surface area contributed by atoms with Crippen molar-refractivity contribution in [3.8, 4) is 5.75 Å². The molecule has 0 saturated carbocycles. The molecule has 0 fully saturated rings. The molecule has 2 N–H and O–H groups in total. The average Bonchev–Trinajstić information content (AvgIpc) is 2.85. The number of esters is 1. The zero-order valence-electron chi connectivity index (χ0n) is 18.8. The maximum absolute atomic E-state index is 13.0. The van der Waals surface area contributed by atoms with Crippen molar-refractivity contribution < 1.29 is 36.8 Å². The number of nitro groups is 1. The maximum Gasteiger partial charge on any atom is 0.338 e. The maximum atomic E-state index is 13.0. The number of anilines is 2. The third kappa shape index (κ3) is 6.76. The second-order valence-electron chi connectivity index (χ2n) is 7.13. The molecule has 0 aliphatic carbocycles. The van der Waals surface area contributed by atoms with Crippen molar-refractivity contribution >= 4 is 39.0 Å². The number of nitrogens with zero attached hydrogens (tertiary/aromatic N) is 1. The summed E-state index contributed by atoms with van der Waals surface area (Å²) in [6, 6.07) is 13.4. The van der Waals surface area contributed by atoms with Crippen LogP contribution >= 0.6 is 0 Å². The molecule has 0 aliphatic heterocycles. The average molecular weight is 517 g/mol. The van der Waals surface area contributed by atoms with Gasteiger partial charge in [-0.15, -0.1) is 0 Å². The van der Waals surface area contributed by atoms with Gasteiger partial charge in [0.1, 0.15) is 17.3 Å². The summed E-state index contributed by atoms with van der Waals surface area (Å²) >= 11 is 0. The summed E-state index contributed by atoms with van der Waals surface area (Å²) in [7, 11) is -4.11. The van der Waals surface area contributed by atoms with Crippen LogP contribution in [0.3, 0.4) is 0 Å². The first-order valence-corrected chi connectivity index (χ1v) is 11.8. The predicted octanol–water partition coefficient (Wildman–Crippen LogP) is 3.73. The third-order valence-corrected chi connectivity index (χ3v) is 5.94. The Kier molecular flexibility index (Phi) is 8.17. The number of benzene rings is 3. The van der Waals surface area contributed by atoms with Gasteiger partial charge < -0.3 is 14.8 Å². The molecule has 0 spiro atoms.